The van der Waals surface area contributed by atoms with E-state index in [0.29, 0.717) is 5.69 Å². The molecular formula is C28H27BrN2O5. The molecule has 0 aromatic heterocycles. The Morgan fingerprint density at radius 3 is 2.19 bits per heavy atom. The average molecular weight is 551 g/mol. The Kier molecular flexibility index (Phi) is 6.55. The van der Waals surface area contributed by atoms with Crippen molar-refractivity contribution < 1.29 is 23.9 Å². The molecule has 2 aromatic carbocycles. The number of carbonyl (C=O) groups excluding carboxylic acids is 4. The maximum absolute atomic E-state index is 13.4. The zero-order chi connectivity index (χ0) is 25.6. The molecular weight excluding hydrogens is 524 g/mol. The van der Waals surface area contributed by atoms with Gasteiger partial charge in [0.05, 0.1) is 11.8 Å². The standard InChI is InChI=1S/C28H27BrN2O5/c1-15-10-20(11-16(2)25(15)29)30-22(32)14-36-28(35)21(12-17-6-4-3-5-7-17)31-26(33)23-18-8-9-19(13-18)24(23)27(31)34/h3-11,18-19,21,23-24H,12-14H2,1-2H3,(H,30,32)/t18-,19-,21-,23-,24-/m0/s1. The SMILES string of the molecule is Cc1cc(NC(=O)COC(=O)[C@H](Cc2ccccc2)N2C(=O)[C@@H]3[C@@H](C2=O)[C@H]2C=C[C@H]3C2)cc(C)c1Br. The summed E-state index contributed by atoms with van der Waals surface area (Å²) >= 11 is 3.50. The highest BCUT2D eigenvalue weighted by atomic mass is 79.9. The van der Waals surface area contributed by atoms with Crippen LogP contribution in [0.1, 0.15) is 23.1 Å². The van der Waals surface area contributed by atoms with Gasteiger partial charge in [0.25, 0.3) is 5.91 Å². The van der Waals surface area contributed by atoms with Crippen LogP contribution < -0.4 is 5.32 Å². The summed E-state index contributed by atoms with van der Waals surface area (Å²) in [7, 11) is 0. The molecule has 1 saturated carbocycles. The van der Waals surface area contributed by atoms with Crippen molar-refractivity contribution in [3.05, 3.63) is 75.8 Å². The van der Waals surface area contributed by atoms with Crippen LogP contribution in [0.25, 0.3) is 0 Å². The van der Waals surface area contributed by atoms with Crippen molar-refractivity contribution >= 4 is 45.3 Å². The van der Waals surface area contributed by atoms with Crippen LogP contribution in [0.3, 0.4) is 0 Å². The van der Waals surface area contributed by atoms with E-state index in [4.69, 9.17) is 4.74 Å². The molecule has 2 aliphatic carbocycles. The first-order valence-corrected chi connectivity index (χ1v) is 12.9. The molecule has 2 fully saturated rings. The quantitative estimate of drug-likeness (QED) is 0.320. The van der Waals surface area contributed by atoms with Gasteiger partial charge in [-0.15, -0.1) is 0 Å². The molecule has 1 heterocycles. The number of carbonyl (C=O) groups is 4. The van der Waals surface area contributed by atoms with Crippen LogP contribution in [0.5, 0.6) is 0 Å². The lowest BCUT2D eigenvalue weighted by molar-refractivity contribution is -0.160. The number of aryl methyl sites for hydroxylation is 2. The molecule has 7 nitrogen and oxygen atoms in total. The van der Waals surface area contributed by atoms with Crippen molar-refractivity contribution in [1.82, 2.24) is 4.90 Å². The predicted molar refractivity (Wildman–Crippen MR) is 137 cm³/mol. The van der Waals surface area contributed by atoms with E-state index in [1.807, 2.05) is 68.5 Å². The van der Waals surface area contributed by atoms with E-state index in [0.717, 1.165) is 32.5 Å². The Morgan fingerprint density at radius 2 is 1.61 bits per heavy atom. The number of rotatable bonds is 7. The first kappa shape index (κ1) is 24.4. The van der Waals surface area contributed by atoms with Crippen LogP contribution in [0.15, 0.2) is 59.1 Å². The number of imide groups is 1. The average Bonchev–Trinajstić information content (AvgIpc) is 3.54. The lowest BCUT2D eigenvalue weighted by Gasteiger charge is -2.26. The molecule has 1 saturated heterocycles. The molecule has 5 rings (SSSR count). The van der Waals surface area contributed by atoms with Gasteiger partial charge in [-0.05, 0) is 60.9 Å². The zero-order valence-corrected chi connectivity index (χ0v) is 21.7. The Bertz CT molecular complexity index is 1220. The molecule has 36 heavy (non-hydrogen) atoms. The first-order valence-electron chi connectivity index (χ1n) is 12.1. The number of hydrogen-bond acceptors (Lipinski definition) is 5. The summed E-state index contributed by atoms with van der Waals surface area (Å²) < 4.78 is 6.34. The van der Waals surface area contributed by atoms with Crippen LogP contribution in [0.2, 0.25) is 0 Å². The molecule has 0 unspecified atom stereocenters. The topological polar surface area (TPSA) is 92.8 Å². The van der Waals surface area contributed by atoms with E-state index in [-0.39, 0.29) is 30.1 Å². The number of benzene rings is 2. The molecule has 8 heteroatoms. The second-order valence-corrected chi connectivity index (χ2v) is 10.6. The molecule has 3 amide bonds. The minimum absolute atomic E-state index is 0.0402. The van der Waals surface area contributed by atoms with E-state index in [1.165, 1.54) is 0 Å². The summed E-state index contributed by atoms with van der Waals surface area (Å²) in [6.45, 7) is 3.32. The van der Waals surface area contributed by atoms with E-state index in [2.05, 4.69) is 21.2 Å². The van der Waals surface area contributed by atoms with Crippen molar-refractivity contribution in [2.45, 2.75) is 32.7 Å². The van der Waals surface area contributed by atoms with E-state index < -0.39 is 36.4 Å². The summed E-state index contributed by atoms with van der Waals surface area (Å²) in [6.07, 6.45) is 4.97. The first-order chi connectivity index (χ1) is 17.2. The van der Waals surface area contributed by atoms with Gasteiger partial charge in [-0.2, -0.15) is 0 Å². The zero-order valence-electron chi connectivity index (χ0n) is 20.1. The third-order valence-corrected chi connectivity index (χ3v) is 8.68. The van der Waals surface area contributed by atoms with Crippen molar-refractivity contribution in [3.8, 4) is 0 Å². The number of halogens is 1. The van der Waals surface area contributed by atoms with Gasteiger partial charge in [-0.3, -0.25) is 19.3 Å². The molecule has 0 spiro atoms. The minimum atomic E-state index is -1.12. The van der Waals surface area contributed by atoms with Gasteiger partial charge in [0.2, 0.25) is 11.8 Å². The number of amides is 3. The van der Waals surface area contributed by atoms with Gasteiger partial charge in [0.1, 0.15) is 6.04 Å². The Labute approximate surface area is 218 Å². The Morgan fingerprint density at radius 1 is 1.03 bits per heavy atom. The summed E-state index contributed by atoms with van der Waals surface area (Å²) in [4.78, 5) is 53.7. The fourth-order valence-corrected chi connectivity index (χ4v) is 6.03. The normalized spacial score (nSPS) is 24.7. The summed E-state index contributed by atoms with van der Waals surface area (Å²) in [5, 5.41) is 2.74. The second kappa shape index (κ2) is 9.65. The third kappa shape index (κ3) is 4.39. The summed E-state index contributed by atoms with van der Waals surface area (Å²) in [6, 6.07) is 11.7. The number of ether oxygens (including phenoxy) is 1. The number of hydrogen-bond donors (Lipinski definition) is 1. The lowest BCUT2D eigenvalue weighted by atomic mass is 9.85. The van der Waals surface area contributed by atoms with E-state index in [1.54, 1.807) is 0 Å². The van der Waals surface area contributed by atoms with Gasteiger partial charge >= 0.3 is 5.97 Å². The molecule has 3 aliphatic rings. The van der Waals surface area contributed by atoms with Crippen molar-refractivity contribution in [1.29, 1.82) is 0 Å². The van der Waals surface area contributed by atoms with Gasteiger partial charge < -0.3 is 10.1 Å². The van der Waals surface area contributed by atoms with Crippen molar-refractivity contribution in [2.75, 3.05) is 11.9 Å². The molecule has 5 atom stereocenters. The highest BCUT2D eigenvalue weighted by molar-refractivity contribution is 9.10. The predicted octanol–water partition coefficient (Wildman–Crippen LogP) is 3.97. The van der Waals surface area contributed by atoms with Gasteiger partial charge in [0.15, 0.2) is 6.61 Å². The number of allylic oxidation sites excluding steroid dienone is 2. The third-order valence-electron chi connectivity index (χ3n) is 7.43. The smallest absolute Gasteiger partial charge is 0.330 e. The second-order valence-electron chi connectivity index (χ2n) is 9.83. The monoisotopic (exact) mass is 550 g/mol. The molecule has 2 bridgehead atoms. The summed E-state index contributed by atoms with van der Waals surface area (Å²) in [5.74, 6) is -2.64. The molecule has 2 aromatic rings. The largest absolute Gasteiger partial charge is 0.454 e. The highest BCUT2D eigenvalue weighted by Gasteiger charge is 2.61. The van der Waals surface area contributed by atoms with Gasteiger partial charge in [0, 0.05) is 16.6 Å². The molecule has 1 aliphatic heterocycles. The number of esters is 1. The minimum Gasteiger partial charge on any atom is -0.454 e. The number of nitrogens with one attached hydrogen (secondary N) is 1. The van der Waals surface area contributed by atoms with Crippen LogP contribution in [0, 0.1) is 37.5 Å². The van der Waals surface area contributed by atoms with Crippen LogP contribution in [0.4, 0.5) is 5.69 Å². The van der Waals surface area contributed by atoms with Crippen molar-refractivity contribution in [3.63, 3.8) is 0 Å². The highest BCUT2D eigenvalue weighted by Crippen LogP contribution is 2.53. The van der Waals surface area contributed by atoms with Gasteiger partial charge in [-0.25, -0.2) is 4.79 Å². The Hall–Kier alpha value is -3.26. The maximum atomic E-state index is 13.4. The fraction of sp³-hybridized carbons (Fsp3) is 0.357. The maximum Gasteiger partial charge on any atom is 0.330 e. The summed E-state index contributed by atoms with van der Waals surface area (Å²) in [5.41, 5.74) is 3.31. The van der Waals surface area contributed by atoms with Crippen molar-refractivity contribution in [2.24, 2.45) is 23.7 Å². The van der Waals surface area contributed by atoms with E-state index >= 15 is 0 Å². The molecule has 1 N–H and O–H groups in total. The van der Waals surface area contributed by atoms with Crippen LogP contribution in [-0.2, 0) is 30.3 Å². The molecule has 186 valence electrons. The van der Waals surface area contributed by atoms with Gasteiger partial charge in [-0.1, -0.05) is 58.4 Å². The van der Waals surface area contributed by atoms with E-state index in [9.17, 15) is 19.2 Å². The number of fused-ring (bicyclic) bond motifs is 5. The Balaban J connectivity index is 1.31. The number of anilines is 1. The fourth-order valence-electron chi connectivity index (χ4n) is 5.80. The van der Waals surface area contributed by atoms with Crippen LogP contribution in [-0.4, -0.2) is 41.2 Å². The lowest BCUT2D eigenvalue weighted by Crippen LogP contribution is -2.48. The number of nitrogens with zero attached hydrogens (tertiary/aromatic N) is 1. The van der Waals surface area contributed by atoms with Crippen LogP contribution >= 0.6 is 15.9 Å². The molecule has 0 radical (unpaired) electrons. The number of likely N-dealkylation sites (tertiary alicyclic amines) is 1.